The van der Waals surface area contributed by atoms with Crippen molar-refractivity contribution in [1.29, 1.82) is 0 Å². The fourth-order valence-electron chi connectivity index (χ4n) is 3.02. The maximum absolute atomic E-state index is 12.8. The third kappa shape index (κ3) is 7.36. The van der Waals surface area contributed by atoms with Crippen molar-refractivity contribution in [1.82, 2.24) is 15.1 Å². The van der Waals surface area contributed by atoms with Crippen LogP contribution in [0.4, 0.5) is 13.2 Å². The number of phenols is 1. The Balaban J connectivity index is 0.00000364. The Bertz CT molecular complexity index is 587. The minimum absolute atomic E-state index is 0. The number of guanidine groups is 1. The van der Waals surface area contributed by atoms with E-state index >= 15 is 0 Å². The number of benzene rings is 1. The van der Waals surface area contributed by atoms with Crippen LogP contribution in [-0.4, -0.2) is 72.9 Å². The summed E-state index contributed by atoms with van der Waals surface area (Å²) < 4.78 is 38.5. The highest BCUT2D eigenvalue weighted by molar-refractivity contribution is 14.0. The summed E-state index contributed by atoms with van der Waals surface area (Å²) in [5, 5.41) is 12.6. The van der Waals surface area contributed by atoms with E-state index in [9.17, 15) is 18.3 Å². The quantitative estimate of drug-likeness (QED) is 0.283. The molecule has 1 aliphatic heterocycles. The van der Waals surface area contributed by atoms with E-state index in [1.807, 2.05) is 17.0 Å². The van der Waals surface area contributed by atoms with E-state index in [1.165, 1.54) is 11.8 Å². The summed E-state index contributed by atoms with van der Waals surface area (Å²) in [7, 11) is 1.69. The highest BCUT2D eigenvalue weighted by atomic mass is 127. The second-order valence-electron chi connectivity index (χ2n) is 6.48. The van der Waals surface area contributed by atoms with Crippen molar-refractivity contribution < 1.29 is 18.3 Å². The van der Waals surface area contributed by atoms with Gasteiger partial charge in [0.05, 0.1) is 0 Å². The van der Waals surface area contributed by atoms with E-state index in [0.717, 1.165) is 30.9 Å². The zero-order valence-corrected chi connectivity index (χ0v) is 18.0. The monoisotopic (exact) mass is 500 g/mol. The molecule has 1 atom stereocenters. The number of piperazine rings is 1. The minimum atomic E-state index is -4.18. The van der Waals surface area contributed by atoms with Crippen molar-refractivity contribution in [2.24, 2.45) is 4.99 Å². The molecule has 9 heteroatoms. The summed E-state index contributed by atoms with van der Waals surface area (Å²) in [4.78, 5) is 7.71. The molecule has 1 heterocycles. The molecule has 5 nitrogen and oxygen atoms in total. The van der Waals surface area contributed by atoms with Crippen LogP contribution in [0.3, 0.4) is 0 Å². The first kappa shape index (κ1) is 23.8. The molecule has 1 fully saturated rings. The Kier molecular flexibility index (Phi) is 9.65. The highest BCUT2D eigenvalue weighted by Crippen LogP contribution is 2.25. The average Bonchev–Trinajstić information content (AvgIpc) is 2.62. The van der Waals surface area contributed by atoms with Gasteiger partial charge in [-0.15, -0.1) is 24.0 Å². The van der Waals surface area contributed by atoms with Crippen LogP contribution >= 0.6 is 24.0 Å². The largest absolute Gasteiger partial charge is 0.508 e. The molecular weight excluding hydrogens is 472 g/mol. The summed E-state index contributed by atoms with van der Waals surface area (Å²) >= 11 is 0. The van der Waals surface area contributed by atoms with Crippen LogP contribution in [0.1, 0.15) is 18.9 Å². The van der Waals surface area contributed by atoms with Gasteiger partial charge < -0.3 is 15.3 Å². The molecule has 1 aromatic carbocycles. The number of nitrogens with one attached hydrogen (secondary N) is 1. The summed E-state index contributed by atoms with van der Waals surface area (Å²) in [5.74, 6) is 0.987. The van der Waals surface area contributed by atoms with Crippen LogP contribution in [0.25, 0.3) is 0 Å². The molecule has 1 saturated heterocycles. The molecule has 27 heavy (non-hydrogen) atoms. The van der Waals surface area contributed by atoms with Gasteiger partial charge in [-0.25, -0.2) is 0 Å². The second-order valence-corrected chi connectivity index (χ2v) is 6.48. The molecule has 1 unspecified atom stereocenters. The standard InChI is InChI=1S/C18H27F3N4O.HI/c1-14(18(19,20)21)24-10-12-25(13-11-24)17(22-2)23-9-3-4-15-5-7-16(26)8-6-15;/h5-8,14,26H,3-4,9-13H2,1-2H3,(H,22,23);1H. The third-order valence-corrected chi connectivity index (χ3v) is 4.71. The van der Waals surface area contributed by atoms with E-state index in [1.54, 1.807) is 19.2 Å². The van der Waals surface area contributed by atoms with Crippen LogP contribution < -0.4 is 5.32 Å². The van der Waals surface area contributed by atoms with Crippen LogP contribution in [0.15, 0.2) is 29.3 Å². The van der Waals surface area contributed by atoms with Crippen LogP contribution in [-0.2, 0) is 6.42 Å². The van der Waals surface area contributed by atoms with Gasteiger partial charge in [0.2, 0.25) is 0 Å². The first-order chi connectivity index (χ1) is 12.3. The Hall–Kier alpha value is -1.23. The molecule has 0 radical (unpaired) electrons. The number of aryl methyl sites for hydroxylation is 1. The van der Waals surface area contributed by atoms with Gasteiger partial charge in [0.25, 0.3) is 0 Å². The van der Waals surface area contributed by atoms with Crippen molar-refractivity contribution in [2.75, 3.05) is 39.8 Å². The Morgan fingerprint density at radius 2 is 1.78 bits per heavy atom. The number of rotatable bonds is 5. The van der Waals surface area contributed by atoms with Crippen molar-refractivity contribution in [3.8, 4) is 5.75 Å². The number of hydrogen-bond acceptors (Lipinski definition) is 3. The van der Waals surface area contributed by atoms with Gasteiger partial charge in [0.15, 0.2) is 5.96 Å². The summed E-state index contributed by atoms with van der Waals surface area (Å²) in [5.41, 5.74) is 1.15. The third-order valence-electron chi connectivity index (χ3n) is 4.71. The lowest BCUT2D eigenvalue weighted by molar-refractivity contribution is -0.181. The molecule has 0 bridgehead atoms. The van der Waals surface area contributed by atoms with Crippen LogP contribution in [0, 0.1) is 0 Å². The van der Waals surface area contributed by atoms with Crippen molar-refractivity contribution >= 4 is 29.9 Å². The predicted octanol–water partition coefficient (Wildman–Crippen LogP) is 3.09. The van der Waals surface area contributed by atoms with E-state index in [-0.39, 0.29) is 29.7 Å². The average molecular weight is 500 g/mol. The maximum Gasteiger partial charge on any atom is 0.403 e. The number of nitrogens with zero attached hydrogens (tertiary/aromatic N) is 3. The van der Waals surface area contributed by atoms with Gasteiger partial charge >= 0.3 is 6.18 Å². The molecular formula is C18H28F3IN4O. The van der Waals surface area contributed by atoms with Gasteiger partial charge in [0.1, 0.15) is 11.8 Å². The number of phenolic OH excluding ortho intramolecular Hbond substituents is 1. The van der Waals surface area contributed by atoms with Gasteiger partial charge in [-0.05, 0) is 37.5 Å². The van der Waals surface area contributed by atoms with Gasteiger partial charge in [-0.2, -0.15) is 13.2 Å². The lowest BCUT2D eigenvalue weighted by Gasteiger charge is -2.39. The second kappa shape index (κ2) is 10.9. The number of halogens is 4. The SMILES string of the molecule is CN=C(NCCCc1ccc(O)cc1)N1CCN(C(C)C(F)(F)F)CC1.I. The molecule has 2 N–H and O–H groups in total. The maximum atomic E-state index is 12.8. The topological polar surface area (TPSA) is 51.1 Å². The first-order valence-corrected chi connectivity index (χ1v) is 8.85. The fourth-order valence-corrected chi connectivity index (χ4v) is 3.02. The molecule has 0 amide bonds. The normalized spacial score (nSPS) is 17.4. The number of hydrogen-bond donors (Lipinski definition) is 2. The molecule has 2 rings (SSSR count). The van der Waals surface area contributed by atoms with Gasteiger partial charge in [-0.1, -0.05) is 12.1 Å². The zero-order valence-electron chi connectivity index (χ0n) is 15.7. The summed E-state index contributed by atoms with van der Waals surface area (Å²) in [6.45, 7) is 3.73. The molecule has 0 aromatic heterocycles. The smallest absolute Gasteiger partial charge is 0.403 e. The van der Waals surface area contributed by atoms with Crippen LogP contribution in [0.5, 0.6) is 5.75 Å². The summed E-state index contributed by atoms with van der Waals surface area (Å²) in [6.07, 6.45) is -2.41. The number of alkyl halides is 3. The lowest BCUT2D eigenvalue weighted by Crippen LogP contribution is -2.56. The molecule has 0 spiro atoms. The number of aromatic hydroxyl groups is 1. The first-order valence-electron chi connectivity index (χ1n) is 8.85. The Morgan fingerprint density at radius 3 is 2.30 bits per heavy atom. The summed E-state index contributed by atoms with van der Waals surface area (Å²) in [6, 6.07) is 5.72. The molecule has 1 aliphatic rings. The van der Waals surface area contributed by atoms with Crippen molar-refractivity contribution in [3.63, 3.8) is 0 Å². The van der Waals surface area contributed by atoms with Crippen molar-refractivity contribution in [2.45, 2.75) is 32.0 Å². The fraction of sp³-hybridized carbons (Fsp3) is 0.611. The Morgan fingerprint density at radius 1 is 1.19 bits per heavy atom. The van der Waals surface area contributed by atoms with Gasteiger partial charge in [-0.3, -0.25) is 9.89 Å². The Labute approximate surface area is 175 Å². The lowest BCUT2D eigenvalue weighted by atomic mass is 10.1. The minimum Gasteiger partial charge on any atom is -0.508 e. The number of aliphatic imine (C=N–C) groups is 1. The molecule has 0 saturated carbocycles. The molecule has 0 aliphatic carbocycles. The van der Waals surface area contributed by atoms with Gasteiger partial charge in [0, 0.05) is 39.8 Å². The van der Waals surface area contributed by atoms with E-state index < -0.39 is 12.2 Å². The predicted molar refractivity (Wildman–Crippen MR) is 112 cm³/mol. The van der Waals surface area contributed by atoms with Crippen LogP contribution in [0.2, 0.25) is 0 Å². The van der Waals surface area contributed by atoms with E-state index in [0.29, 0.717) is 26.2 Å². The zero-order chi connectivity index (χ0) is 19.2. The van der Waals surface area contributed by atoms with E-state index in [4.69, 9.17) is 0 Å². The molecule has 1 aromatic rings. The van der Waals surface area contributed by atoms with Crippen molar-refractivity contribution in [3.05, 3.63) is 29.8 Å². The van der Waals surface area contributed by atoms with E-state index in [2.05, 4.69) is 10.3 Å². The molecule has 154 valence electrons. The highest BCUT2D eigenvalue weighted by Gasteiger charge is 2.41.